The number of hydrogen-bond acceptors (Lipinski definition) is 6. The van der Waals surface area contributed by atoms with E-state index < -0.39 is 23.5 Å². The molecule has 11 heteroatoms. The van der Waals surface area contributed by atoms with E-state index in [1.165, 1.54) is 30.2 Å². The van der Waals surface area contributed by atoms with E-state index in [0.717, 1.165) is 31.2 Å². The van der Waals surface area contributed by atoms with Gasteiger partial charge >= 0.3 is 5.69 Å². The molecule has 2 amide bonds. The zero-order valence-electron chi connectivity index (χ0n) is 22.6. The molecule has 1 N–H and O–H groups in total. The fraction of sp³-hybridized carbons (Fsp3) is 0.333. The van der Waals surface area contributed by atoms with Gasteiger partial charge in [0.05, 0.1) is 12.0 Å². The van der Waals surface area contributed by atoms with Crippen molar-refractivity contribution in [2.75, 3.05) is 13.7 Å². The maximum Gasteiger partial charge on any atom is 0.311 e. The second-order valence-electron chi connectivity index (χ2n) is 9.80. The number of carbonyl (C=O) groups is 2. The van der Waals surface area contributed by atoms with Crippen LogP contribution in [-0.2, 0) is 22.6 Å². The first kappa shape index (κ1) is 30.1. The second-order valence-corrected chi connectivity index (χ2v) is 10.6. The first-order valence-electron chi connectivity index (χ1n) is 13.3. The van der Waals surface area contributed by atoms with Crippen LogP contribution in [0.3, 0.4) is 0 Å². The van der Waals surface area contributed by atoms with Crippen molar-refractivity contribution in [1.82, 2.24) is 10.2 Å². The lowest BCUT2D eigenvalue weighted by molar-refractivity contribution is -0.385. The van der Waals surface area contributed by atoms with E-state index in [-0.39, 0.29) is 42.1 Å². The third kappa shape index (κ3) is 7.89. The van der Waals surface area contributed by atoms with Gasteiger partial charge in [0.25, 0.3) is 5.91 Å². The van der Waals surface area contributed by atoms with Crippen LogP contribution in [0.1, 0.15) is 36.8 Å². The van der Waals surface area contributed by atoms with E-state index in [2.05, 4.69) is 5.32 Å². The van der Waals surface area contributed by atoms with Crippen molar-refractivity contribution in [3.05, 3.63) is 98.0 Å². The number of amides is 2. The summed E-state index contributed by atoms with van der Waals surface area (Å²) >= 11 is 13.0. The van der Waals surface area contributed by atoms with Crippen molar-refractivity contribution in [3.8, 4) is 11.5 Å². The van der Waals surface area contributed by atoms with Crippen LogP contribution in [-0.4, -0.2) is 47.4 Å². The van der Waals surface area contributed by atoms with E-state index in [4.69, 9.17) is 32.7 Å². The molecule has 0 aromatic heterocycles. The molecular weight excluding hydrogens is 569 g/mol. The van der Waals surface area contributed by atoms with Gasteiger partial charge in [0.15, 0.2) is 6.61 Å². The van der Waals surface area contributed by atoms with Crippen molar-refractivity contribution >= 4 is 40.7 Å². The fourth-order valence-electron chi connectivity index (χ4n) is 4.90. The average molecular weight is 600 g/mol. The first-order valence-corrected chi connectivity index (χ1v) is 14.0. The van der Waals surface area contributed by atoms with Crippen molar-refractivity contribution in [1.29, 1.82) is 0 Å². The fourth-order valence-corrected chi connectivity index (χ4v) is 5.42. The van der Waals surface area contributed by atoms with Gasteiger partial charge in [0, 0.05) is 46.7 Å². The maximum atomic E-state index is 13.8. The Balaban J connectivity index is 1.65. The van der Waals surface area contributed by atoms with Gasteiger partial charge in [-0.15, -0.1) is 0 Å². The number of carbonyl (C=O) groups excluding carboxylic acids is 2. The molecule has 9 nitrogen and oxygen atoms in total. The molecule has 41 heavy (non-hydrogen) atoms. The molecule has 4 rings (SSSR count). The summed E-state index contributed by atoms with van der Waals surface area (Å²) in [6, 6.07) is 17.6. The number of nitrogens with one attached hydrogen (secondary N) is 1. The zero-order chi connectivity index (χ0) is 29.4. The van der Waals surface area contributed by atoms with Crippen LogP contribution in [0.4, 0.5) is 5.69 Å². The minimum Gasteiger partial charge on any atom is -0.490 e. The molecule has 1 fully saturated rings. The number of hydrogen-bond donors (Lipinski definition) is 1. The number of nitro benzene ring substituents is 1. The highest BCUT2D eigenvalue weighted by Crippen LogP contribution is 2.31. The predicted molar refractivity (Wildman–Crippen MR) is 156 cm³/mol. The Morgan fingerprint density at radius 2 is 1.73 bits per heavy atom. The number of rotatable bonds is 12. The average Bonchev–Trinajstić information content (AvgIpc) is 3.48. The van der Waals surface area contributed by atoms with Crippen molar-refractivity contribution < 1.29 is 24.0 Å². The molecule has 1 aliphatic carbocycles. The van der Waals surface area contributed by atoms with Crippen LogP contribution in [0.15, 0.2) is 66.7 Å². The smallest absolute Gasteiger partial charge is 0.311 e. The maximum absolute atomic E-state index is 13.8. The molecular formula is C30H31Cl2N3O6. The highest BCUT2D eigenvalue weighted by molar-refractivity contribution is 6.36. The molecule has 1 saturated carbocycles. The van der Waals surface area contributed by atoms with Gasteiger partial charge in [-0.25, -0.2) is 0 Å². The van der Waals surface area contributed by atoms with Crippen LogP contribution in [0, 0.1) is 10.1 Å². The van der Waals surface area contributed by atoms with Crippen molar-refractivity contribution in [3.63, 3.8) is 0 Å². The normalized spacial score (nSPS) is 13.8. The number of nitrogens with zero attached hydrogens (tertiary/aromatic N) is 2. The van der Waals surface area contributed by atoms with E-state index in [1.54, 1.807) is 18.2 Å². The lowest BCUT2D eigenvalue weighted by Crippen LogP contribution is -2.53. The Kier molecular flexibility index (Phi) is 10.4. The summed E-state index contributed by atoms with van der Waals surface area (Å²) in [6.07, 6.45) is 4.12. The van der Waals surface area contributed by atoms with Crippen LogP contribution in [0.2, 0.25) is 10.0 Å². The molecule has 216 valence electrons. The van der Waals surface area contributed by atoms with Gasteiger partial charge in [-0.1, -0.05) is 72.4 Å². The summed E-state index contributed by atoms with van der Waals surface area (Å²) < 4.78 is 10.9. The standard InChI is InChI=1S/C30H31Cl2N3O6/c1-40-28-17-22(14-15-26(28)35(38)39)41-19-29(36)34(18-23-24(31)12-7-13-25(23)32)27(16-20-8-3-2-4-9-20)30(37)33-21-10-5-6-11-21/h2-4,7-9,12-15,17,21,27H,5-6,10-11,16,18-19H2,1H3,(H,33,37)/t27-/m0/s1. The molecule has 1 atom stereocenters. The molecule has 3 aromatic rings. The number of halogens is 2. The van der Waals surface area contributed by atoms with Gasteiger partial charge in [0.1, 0.15) is 11.8 Å². The Labute approximate surface area is 248 Å². The highest BCUT2D eigenvalue weighted by atomic mass is 35.5. The van der Waals surface area contributed by atoms with E-state index in [0.29, 0.717) is 15.6 Å². The quantitative estimate of drug-likeness (QED) is 0.202. The van der Waals surface area contributed by atoms with Crippen LogP contribution in [0.25, 0.3) is 0 Å². The van der Waals surface area contributed by atoms with Crippen LogP contribution >= 0.6 is 23.2 Å². The van der Waals surface area contributed by atoms with E-state index in [9.17, 15) is 19.7 Å². The van der Waals surface area contributed by atoms with E-state index in [1.807, 2.05) is 30.3 Å². The predicted octanol–water partition coefficient (Wildman–Crippen LogP) is 5.99. The van der Waals surface area contributed by atoms with E-state index >= 15 is 0 Å². The summed E-state index contributed by atoms with van der Waals surface area (Å²) in [4.78, 5) is 39.7. The van der Waals surface area contributed by atoms with Gasteiger partial charge in [0.2, 0.25) is 11.7 Å². The van der Waals surface area contributed by atoms with Gasteiger partial charge in [-0.3, -0.25) is 19.7 Å². The lowest BCUT2D eigenvalue weighted by atomic mass is 10.0. The molecule has 0 heterocycles. The number of benzene rings is 3. The SMILES string of the molecule is COc1cc(OCC(=O)N(Cc2c(Cl)cccc2Cl)[C@@H](Cc2ccccc2)C(=O)NC2CCCC2)ccc1[N+](=O)[O-]. The minimum atomic E-state index is -0.882. The summed E-state index contributed by atoms with van der Waals surface area (Å²) in [7, 11) is 1.31. The van der Waals surface area contributed by atoms with Crippen molar-refractivity contribution in [2.45, 2.75) is 50.7 Å². The Morgan fingerprint density at radius 3 is 2.37 bits per heavy atom. The summed E-state index contributed by atoms with van der Waals surface area (Å²) in [5.41, 5.74) is 1.16. The molecule has 0 saturated heterocycles. The van der Waals surface area contributed by atoms with Crippen LogP contribution in [0.5, 0.6) is 11.5 Å². The monoisotopic (exact) mass is 599 g/mol. The zero-order valence-corrected chi connectivity index (χ0v) is 24.1. The molecule has 0 spiro atoms. The van der Waals surface area contributed by atoms with Gasteiger partial charge in [-0.2, -0.15) is 0 Å². The van der Waals surface area contributed by atoms with Gasteiger partial charge in [-0.05, 0) is 36.6 Å². The van der Waals surface area contributed by atoms with Crippen LogP contribution < -0.4 is 14.8 Å². The molecule has 1 aliphatic rings. The Bertz CT molecular complexity index is 1360. The Hall–Kier alpha value is -3.82. The lowest BCUT2D eigenvalue weighted by Gasteiger charge is -2.32. The highest BCUT2D eigenvalue weighted by Gasteiger charge is 2.33. The number of nitro groups is 1. The minimum absolute atomic E-state index is 0.00227. The molecule has 0 bridgehead atoms. The summed E-state index contributed by atoms with van der Waals surface area (Å²) in [5, 5.41) is 15.1. The second kappa shape index (κ2) is 14.2. The van der Waals surface area contributed by atoms with Gasteiger partial charge < -0.3 is 19.7 Å². The Morgan fingerprint density at radius 1 is 1.05 bits per heavy atom. The summed E-state index contributed by atoms with van der Waals surface area (Å²) in [6.45, 7) is -0.467. The molecule has 0 unspecified atom stereocenters. The topological polar surface area (TPSA) is 111 Å². The third-order valence-corrected chi connectivity index (χ3v) is 7.78. The third-order valence-electron chi connectivity index (χ3n) is 7.07. The number of ether oxygens (including phenoxy) is 2. The van der Waals surface area contributed by atoms with Crippen molar-refractivity contribution in [2.24, 2.45) is 0 Å². The first-order chi connectivity index (χ1) is 19.8. The molecule has 0 aliphatic heterocycles. The molecule has 3 aromatic carbocycles. The molecule has 0 radical (unpaired) electrons. The number of methoxy groups -OCH3 is 1. The largest absolute Gasteiger partial charge is 0.490 e. The summed E-state index contributed by atoms with van der Waals surface area (Å²) in [5.74, 6) is -0.556.